The minimum atomic E-state index is -4.42. The molecule has 336 valence electrons. The SMILES string of the molecule is CC/C=C\C/C=C\C/C=C\C/C=C\C/C=C\CCCCCC(=O)OC[C@H](COP(=O)(O)OCCN)OC(=O)CC/C=C\C/C=C\C/C=C\C/C=C\CC1OC1C/C=C\CC. The van der Waals surface area contributed by atoms with Crippen LogP contribution in [0.4, 0.5) is 0 Å². The molecule has 4 atom stereocenters. The number of hydrogen-bond acceptors (Lipinski definition) is 9. The highest BCUT2D eigenvalue weighted by Crippen LogP contribution is 2.43. The number of hydrogen-bond donors (Lipinski definition) is 2. The maximum absolute atomic E-state index is 12.6. The van der Waals surface area contributed by atoms with E-state index in [-0.39, 0.29) is 32.6 Å². The Labute approximate surface area is 362 Å². The summed E-state index contributed by atoms with van der Waals surface area (Å²) in [6, 6.07) is 0. The van der Waals surface area contributed by atoms with Gasteiger partial charge in [0.15, 0.2) is 6.10 Å². The fraction of sp³-hybridized carbons (Fsp3) is 0.551. The standard InChI is InChI=1S/C49H76NO9P/c1-3-5-7-8-9-10-11-12-13-14-15-16-17-18-22-25-28-31-35-39-48(51)55-43-45(44-57-60(53,54)56-42-41-50)58-49(52)40-36-32-29-26-23-20-19-21-24-27-30-34-38-47-46(59-47)37-33-6-4-2/h5-7,9-10,12-13,15-16,18,20-24,29-30,32-34,45-47H,3-4,8,11,14,17,19,25-28,31,35-44,50H2,1-2H3,(H,53,54)/b7-5-,10-9-,13-12-,16-15-,22-18-,23-20-,24-21-,32-29-,33-6-,34-30-/t45-,46?,47?/m1/s1. The molecule has 0 aromatic carbocycles. The molecular weight excluding hydrogens is 778 g/mol. The van der Waals surface area contributed by atoms with Gasteiger partial charge >= 0.3 is 19.8 Å². The van der Waals surface area contributed by atoms with E-state index >= 15 is 0 Å². The largest absolute Gasteiger partial charge is 0.472 e. The second-order valence-corrected chi connectivity index (χ2v) is 15.6. The van der Waals surface area contributed by atoms with Crippen molar-refractivity contribution in [2.45, 2.75) is 148 Å². The van der Waals surface area contributed by atoms with Crippen LogP contribution in [-0.4, -0.2) is 61.5 Å². The molecule has 1 saturated heterocycles. The Balaban J connectivity index is 2.26. The van der Waals surface area contributed by atoms with Gasteiger partial charge < -0.3 is 24.8 Å². The van der Waals surface area contributed by atoms with E-state index in [1.807, 2.05) is 12.2 Å². The monoisotopic (exact) mass is 854 g/mol. The number of esters is 2. The maximum Gasteiger partial charge on any atom is 0.472 e. The Bertz CT molecular complexity index is 1460. The predicted molar refractivity (Wildman–Crippen MR) is 246 cm³/mol. The van der Waals surface area contributed by atoms with Crippen molar-refractivity contribution in [1.29, 1.82) is 0 Å². The predicted octanol–water partition coefficient (Wildman–Crippen LogP) is 11.9. The minimum absolute atomic E-state index is 0.0276. The van der Waals surface area contributed by atoms with Crippen molar-refractivity contribution in [2.24, 2.45) is 5.73 Å². The lowest BCUT2D eigenvalue weighted by atomic mass is 10.1. The summed E-state index contributed by atoms with van der Waals surface area (Å²) in [5.41, 5.74) is 5.34. The lowest BCUT2D eigenvalue weighted by Crippen LogP contribution is -2.29. The molecule has 0 aromatic heterocycles. The summed E-state index contributed by atoms with van der Waals surface area (Å²) in [5, 5.41) is 0. The van der Waals surface area contributed by atoms with Crippen LogP contribution >= 0.6 is 7.82 Å². The molecule has 0 aromatic rings. The van der Waals surface area contributed by atoms with E-state index in [0.29, 0.717) is 25.0 Å². The normalized spacial score (nSPS) is 17.8. The number of nitrogens with two attached hydrogens (primary N) is 1. The molecule has 1 aliphatic heterocycles. The molecule has 60 heavy (non-hydrogen) atoms. The van der Waals surface area contributed by atoms with Gasteiger partial charge in [-0.3, -0.25) is 18.6 Å². The van der Waals surface area contributed by atoms with Gasteiger partial charge in [0.1, 0.15) is 6.61 Å². The number of phosphoric acid groups is 1. The van der Waals surface area contributed by atoms with Crippen molar-refractivity contribution in [3.05, 3.63) is 122 Å². The number of phosphoric ester groups is 1. The van der Waals surface area contributed by atoms with E-state index in [9.17, 15) is 19.0 Å². The van der Waals surface area contributed by atoms with Crippen molar-refractivity contribution in [3.8, 4) is 0 Å². The molecule has 11 heteroatoms. The molecule has 0 spiro atoms. The average Bonchev–Trinajstić information content (AvgIpc) is 3.99. The first-order valence-electron chi connectivity index (χ1n) is 22.1. The Morgan fingerprint density at radius 3 is 1.58 bits per heavy atom. The third-order valence-corrected chi connectivity index (χ3v) is 9.74. The molecule has 0 amide bonds. The maximum atomic E-state index is 12.6. The van der Waals surface area contributed by atoms with Gasteiger partial charge in [-0.15, -0.1) is 0 Å². The number of ether oxygens (including phenoxy) is 3. The molecule has 0 saturated carbocycles. The molecule has 1 aliphatic rings. The zero-order valence-electron chi connectivity index (χ0n) is 36.6. The third-order valence-electron chi connectivity index (χ3n) is 8.76. The molecule has 1 rings (SSSR count). The van der Waals surface area contributed by atoms with E-state index in [2.05, 4.69) is 123 Å². The highest BCUT2D eigenvalue weighted by Gasteiger charge is 2.36. The van der Waals surface area contributed by atoms with Crippen LogP contribution in [0.1, 0.15) is 129 Å². The molecule has 0 bridgehead atoms. The lowest BCUT2D eigenvalue weighted by Gasteiger charge is -2.19. The fourth-order valence-electron chi connectivity index (χ4n) is 5.43. The third kappa shape index (κ3) is 36.2. The van der Waals surface area contributed by atoms with Gasteiger partial charge in [-0.2, -0.15) is 0 Å². The average molecular weight is 854 g/mol. The van der Waals surface area contributed by atoms with Crippen molar-refractivity contribution in [2.75, 3.05) is 26.4 Å². The van der Waals surface area contributed by atoms with Gasteiger partial charge in [-0.1, -0.05) is 142 Å². The van der Waals surface area contributed by atoms with Crippen LogP contribution in [0.5, 0.6) is 0 Å². The highest BCUT2D eigenvalue weighted by atomic mass is 31.2. The summed E-state index contributed by atoms with van der Waals surface area (Å²) < 4.78 is 38.4. The fourth-order valence-corrected chi connectivity index (χ4v) is 6.20. The van der Waals surface area contributed by atoms with Crippen LogP contribution in [0.25, 0.3) is 0 Å². The van der Waals surface area contributed by atoms with Gasteiger partial charge in [0.25, 0.3) is 0 Å². The smallest absolute Gasteiger partial charge is 0.462 e. The van der Waals surface area contributed by atoms with Crippen LogP contribution in [-0.2, 0) is 37.4 Å². The van der Waals surface area contributed by atoms with Crippen molar-refractivity contribution in [1.82, 2.24) is 0 Å². The van der Waals surface area contributed by atoms with E-state index < -0.39 is 32.5 Å². The van der Waals surface area contributed by atoms with E-state index in [0.717, 1.165) is 89.9 Å². The van der Waals surface area contributed by atoms with Gasteiger partial charge in [0.05, 0.1) is 25.4 Å². The van der Waals surface area contributed by atoms with Gasteiger partial charge in [-0.05, 0) is 96.3 Å². The zero-order valence-corrected chi connectivity index (χ0v) is 37.5. The second-order valence-electron chi connectivity index (χ2n) is 14.2. The highest BCUT2D eigenvalue weighted by molar-refractivity contribution is 7.47. The summed E-state index contributed by atoms with van der Waals surface area (Å²) in [7, 11) is -4.42. The Morgan fingerprint density at radius 2 is 1.05 bits per heavy atom. The molecule has 3 unspecified atom stereocenters. The molecule has 1 heterocycles. The topological polar surface area (TPSA) is 147 Å². The number of carbonyl (C=O) groups is 2. The number of rotatable bonds is 38. The first kappa shape index (κ1) is 54.4. The second kappa shape index (κ2) is 39.5. The van der Waals surface area contributed by atoms with E-state index in [4.69, 9.17) is 29.0 Å². The Kier molecular flexibility index (Phi) is 35.8. The number of allylic oxidation sites excluding steroid dienone is 18. The van der Waals surface area contributed by atoms with Crippen molar-refractivity contribution in [3.63, 3.8) is 0 Å². The first-order valence-corrected chi connectivity index (χ1v) is 23.6. The molecular formula is C49H76NO9P. The van der Waals surface area contributed by atoms with Crippen molar-refractivity contribution >= 4 is 19.8 Å². The Morgan fingerprint density at radius 1 is 0.583 bits per heavy atom. The Hall–Kier alpha value is -3.63. The molecule has 10 nitrogen and oxygen atoms in total. The molecule has 1 fully saturated rings. The quantitative estimate of drug-likeness (QED) is 0.0202. The van der Waals surface area contributed by atoms with Crippen LogP contribution in [0.15, 0.2) is 122 Å². The summed E-state index contributed by atoms with van der Waals surface area (Å²) in [5.74, 6) is -0.983. The van der Waals surface area contributed by atoms with Crippen LogP contribution in [0.3, 0.4) is 0 Å². The molecule has 3 N–H and O–H groups in total. The van der Waals surface area contributed by atoms with E-state index in [1.54, 1.807) is 0 Å². The summed E-state index contributed by atoms with van der Waals surface area (Å²) in [4.78, 5) is 34.9. The van der Waals surface area contributed by atoms with Crippen LogP contribution in [0.2, 0.25) is 0 Å². The number of unbranched alkanes of at least 4 members (excludes halogenated alkanes) is 3. The van der Waals surface area contributed by atoms with Crippen LogP contribution < -0.4 is 5.73 Å². The molecule has 0 aliphatic carbocycles. The minimum Gasteiger partial charge on any atom is -0.462 e. The lowest BCUT2D eigenvalue weighted by molar-refractivity contribution is -0.161. The van der Waals surface area contributed by atoms with E-state index in [1.165, 1.54) is 0 Å². The number of epoxide rings is 1. The summed E-state index contributed by atoms with van der Waals surface area (Å²) in [6.45, 7) is 3.33. The summed E-state index contributed by atoms with van der Waals surface area (Å²) >= 11 is 0. The first-order chi connectivity index (χ1) is 29.3. The zero-order chi connectivity index (χ0) is 43.6. The van der Waals surface area contributed by atoms with Crippen LogP contribution in [0, 0.1) is 0 Å². The number of carbonyl (C=O) groups excluding carboxylic acids is 2. The van der Waals surface area contributed by atoms with Crippen molar-refractivity contribution < 1.29 is 42.3 Å². The van der Waals surface area contributed by atoms with Gasteiger partial charge in [0.2, 0.25) is 0 Å². The van der Waals surface area contributed by atoms with Gasteiger partial charge in [-0.25, -0.2) is 4.57 Å². The molecule has 0 radical (unpaired) electrons. The summed E-state index contributed by atoms with van der Waals surface area (Å²) in [6.07, 6.45) is 57.1. The van der Waals surface area contributed by atoms with Gasteiger partial charge in [0, 0.05) is 19.4 Å².